The molecule has 3 rings (SSSR count). The third-order valence-electron chi connectivity index (χ3n) is 4.31. The van der Waals surface area contributed by atoms with E-state index in [-0.39, 0.29) is 6.61 Å². The van der Waals surface area contributed by atoms with Crippen molar-refractivity contribution < 1.29 is 5.11 Å². The third kappa shape index (κ3) is 3.75. The average molecular weight is 316 g/mol. The molecule has 0 spiro atoms. The molecule has 1 heterocycles. The van der Waals surface area contributed by atoms with E-state index in [4.69, 9.17) is 4.98 Å². The normalized spacial score (nSPS) is 15.5. The van der Waals surface area contributed by atoms with Gasteiger partial charge in [0, 0.05) is 23.9 Å². The molecule has 1 atom stereocenters. The van der Waals surface area contributed by atoms with Crippen molar-refractivity contribution in [2.75, 3.05) is 6.54 Å². The lowest BCUT2D eigenvalue weighted by Gasteiger charge is -2.14. The summed E-state index contributed by atoms with van der Waals surface area (Å²) >= 11 is 1.90. The standard InChI is InChI=1S/C18H24N2OS/c1-13(15-6-4-5-14(11-15)12-21)19-10-9-18-20-16-7-2-3-8-17(16)22-18/h4-6,11,13,19,21H,2-3,7-10,12H2,1H3. The molecule has 1 aliphatic carbocycles. The molecule has 0 bridgehead atoms. The molecule has 2 aromatic rings. The summed E-state index contributed by atoms with van der Waals surface area (Å²) in [7, 11) is 0. The Kier molecular flexibility index (Phi) is 5.24. The lowest BCUT2D eigenvalue weighted by molar-refractivity contribution is 0.281. The van der Waals surface area contributed by atoms with Crippen LogP contribution >= 0.6 is 11.3 Å². The van der Waals surface area contributed by atoms with Crippen LogP contribution in [0.2, 0.25) is 0 Å². The van der Waals surface area contributed by atoms with Gasteiger partial charge in [0.15, 0.2) is 0 Å². The Morgan fingerprint density at radius 3 is 3.00 bits per heavy atom. The second-order valence-corrected chi connectivity index (χ2v) is 7.18. The second kappa shape index (κ2) is 7.36. The van der Waals surface area contributed by atoms with Crippen molar-refractivity contribution in [3.8, 4) is 0 Å². The average Bonchev–Trinajstić information content (AvgIpc) is 2.97. The van der Waals surface area contributed by atoms with Gasteiger partial charge < -0.3 is 10.4 Å². The zero-order valence-electron chi connectivity index (χ0n) is 13.1. The van der Waals surface area contributed by atoms with Crippen LogP contribution in [0.5, 0.6) is 0 Å². The monoisotopic (exact) mass is 316 g/mol. The van der Waals surface area contributed by atoms with E-state index in [2.05, 4.69) is 24.4 Å². The second-order valence-electron chi connectivity index (χ2n) is 6.01. The fourth-order valence-electron chi connectivity index (χ4n) is 2.99. The predicted molar refractivity (Wildman–Crippen MR) is 91.2 cm³/mol. The molecule has 118 valence electrons. The Morgan fingerprint density at radius 2 is 2.18 bits per heavy atom. The van der Waals surface area contributed by atoms with Gasteiger partial charge in [-0.3, -0.25) is 0 Å². The minimum absolute atomic E-state index is 0.102. The molecule has 0 fully saturated rings. The van der Waals surface area contributed by atoms with Crippen LogP contribution in [0.15, 0.2) is 24.3 Å². The predicted octanol–water partition coefficient (Wildman–Crippen LogP) is 3.41. The number of fused-ring (bicyclic) bond motifs is 1. The van der Waals surface area contributed by atoms with Gasteiger partial charge >= 0.3 is 0 Å². The van der Waals surface area contributed by atoms with Crippen molar-refractivity contribution in [3.63, 3.8) is 0 Å². The van der Waals surface area contributed by atoms with Gasteiger partial charge in [-0.2, -0.15) is 0 Å². The maximum atomic E-state index is 9.22. The number of aliphatic hydroxyl groups is 1. The molecule has 0 aliphatic heterocycles. The molecule has 1 unspecified atom stereocenters. The van der Waals surface area contributed by atoms with E-state index in [1.54, 1.807) is 0 Å². The van der Waals surface area contributed by atoms with Crippen LogP contribution in [0.3, 0.4) is 0 Å². The van der Waals surface area contributed by atoms with E-state index in [0.29, 0.717) is 6.04 Å². The Morgan fingerprint density at radius 1 is 1.32 bits per heavy atom. The topological polar surface area (TPSA) is 45.2 Å². The first-order chi connectivity index (χ1) is 10.8. The number of aliphatic hydroxyl groups excluding tert-OH is 1. The number of hydrogen-bond donors (Lipinski definition) is 2. The van der Waals surface area contributed by atoms with Crippen molar-refractivity contribution >= 4 is 11.3 Å². The van der Waals surface area contributed by atoms with Crippen molar-refractivity contribution in [1.82, 2.24) is 10.3 Å². The summed E-state index contributed by atoms with van der Waals surface area (Å²) < 4.78 is 0. The lowest BCUT2D eigenvalue weighted by Crippen LogP contribution is -2.21. The van der Waals surface area contributed by atoms with E-state index in [0.717, 1.165) is 18.5 Å². The van der Waals surface area contributed by atoms with Crippen LogP contribution in [0, 0.1) is 0 Å². The first-order valence-electron chi connectivity index (χ1n) is 8.17. The van der Waals surface area contributed by atoms with Gasteiger partial charge in [-0.05, 0) is 43.7 Å². The van der Waals surface area contributed by atoms with Crippen molar-refractivity contribution in [3.05, 3.63) is 51.0 Å². The fraction of sp³-hybridized carbons (Fsp3) is 0.500. The van der Waals surface area contributed by atoms with Crippen molar-refractivity contribution in [2.45, 2.75) is 51.7 Å². The van der Waals surface area contributed by atoms with E-state index in [1.807, 2.05) is 23.5 Å². The molecule has 1 aromatic carbocycles. The zero-order chi connectivity index (χ0) is 15.4. The van der Waals surface area contributed by atoms with Crippen molar-refractivity contribution in [1.29, 1.82) is 0 Å². The van der Waals surface area contributed by atoms with Crippen LogP contribution in [-0.4, -0.2) is 16.6 Å². The lowest BCUT2D eigenvalue weighted by atomic mass is 10.0. The minimum atomic E-state index is 0.102. The van der Waals surface area contributed by atoms with Crippen LogP contribution < -0.4 is 5.32 Å². The highest BCUT2D eigenvalue weighted by Crippen LogP contribution is 2.26. The van der Waals surface area contributed by atoms with Gasteiger partial charge in [-0.25, -0.2) is 4.98 Å². The first kappa shape index (κ1) is 15.7. The highest BCUT2D eigenvalue weighted by Gasteiger charge is 2.15. The summed E-state index contributed by atoms with van der Waals surface area (Å²) in [5.41, 5.74) is 3.55. The number of thiazole rings is 1. The summed E-state index contributed by atoms with van der Waals surface area (Å²) in [6, 6.07) is 8.43. The van der Waals surface area contributed by atoms with E-state index in [1.165, 1.54) is 46.8 Å². The molecule has 0 saturated heterocycles. The number of aromatic nitrogens is 1. The highest BCUT2D eigenvalue weighted by molar-refractivity contribution is 7.11. The summed E-state index contributed by atoms with van der Waals surface area (Å²) in [5, 5.41) is 14.1. The maximum absolute atomic E-state index is 9.22. The Hall–Kier alpha value is -1.23. The van der Waals surface area contributed by atoms with Gasteiger partial charge in [0.1, 0.15) is 0 Å². The zero-order valence-corrected chi connectivity index (χ0v) is 14.0. The molecule has 22 heavy (non-hydrogen) atoms. The van der Waals surface area contributed by atoms with Gasteiger partial charge in [-0.1, -0.05) is 24.3 Å². The fourth-order valence-corrected chi connectivity index (χ4v) is 4.14. The molecular formula is C18H24N2OS. The Bertz CT molecular complexity index is 600. The molecule has 0 amide bonds. The van der Waals surface area contributed by atoms with Crippen LogP contribution in [0.1, 0.15) is 52.5 Å². The summed E-state index contributed by atoms with van der Waals surface area (Å²) in [5.74, 6) is 0. The summed E-state index contributed by atoms with van der Waals surface area (Å²) in [6.07, 6.45) is 6.02. The largest absolute Gasteiger partial charge is 0.392 e. The number of aryl methyl sites for hydroxylation is 2. The molecule has 1 aliphatic rings. The van der Waals surface area contributed by atoms with Crippen LogP contribution in [0.4, 0.5) is 0 Å². The Labute approximate surface area is 136 Å². The van der Waals surface area contributed by atoms with Gasteiger partial charge in [0.25, 0.3) is 0 Å². The molecule has 0 saturated carbocycles. The summed E-state index contributed by atoms with van der Waals surface area (Å²) in [6.45, 7) is 3.21. The number of nitrogens with zero attached hydrogens (tertiary/aromatic N) is 1. The van der Waals surface area contributed by atoms with Crippen LogP contribution in [-0.2, 0) is 25.9 Å². The van der Waals surface area contributed by atoms with E-state index >= 15 is 0 Å². The van der Waals surface area contributed by atoms with E-state index < -0.39 is 0 Å². The first-order valence-corrected chi connectivity index (χ1v) is 8.98. The van der Waals surface area contributed by atoms with Gasteiger partial charge in [-0.15, -0.1) is 11.3 Å². The quantitative estimate of drug-likeness (QED) is 0.858. The number of hydrogen-bond acceptors (Lipinski definition) is 4. The molecule has 0 radical (unpaired) electrons. The molecule has 2 N–H and O–H groups in total. The maximum Gasteiger partial charge on any atom is 0.0943 e. The highest BCUT2D eigenvalue weighted by atomic mass is 32.1. The Balaban J connectivity index is 1.52. The SMILES string of the molecule is CC(NCCc1nc2c(s1)CCCC2)c1cccc(CO)c1. The number of rotatable bonds is 6. The minimum Gasteiger partial charge on any atom is -0.392 e. The molecular weight excluding hydrogens is 292 g/mol. The molecule has 1 aromatic heterocycles. The van der Waals surface area contributed by atoms with Gasteiger partial charge in [0.2, 0.25) is 0 Å². The van der Waals surface area contributed by atoms with Crippen molar-refractivity contribution in [2.24, 2.45) is 0 Å². The molecule has 3 nitrogen and oxygen atoms in total. The summed E-state index contributed by atoms with van der Waals surface area (Å²) in [4.78, 5) is 6.31. The van der Waals surface area contributed by atoms with Crippen LogP contribution in [0.25, 0.3) is 0 Å². The third-order valence-corrected chi connectivity index (χ3v) is 5.53. The number of nitrogens with one attached hydrogen (secondary N) is 1. The molecule has 4 heteroatoms. The smallest absolute Gasteiger partial charge is 0.0943 e. The van der Waals surface area contributed by atoms with Gasteiger partial charge in [0.05, 0.1) is 17.3 Å². The number of benzene rings is 1. The van der Waals surface area contributed by atoms with E-state index in [9.17, 15) is 5.11 Å².